The van der Waals surface area contributed by atoms with E-state index < -0.39 is 10.0 Å². The summed E-state index contributed by atoms with van der Waals surface area (Å²) in [6, 6.07) is 7.09. The Morgan fingerprint density at radius 2 is 2.05 bits per heavy atom. The van der Waals surface area contributed by atoms with Crippen molar-refractivity contribution in [1.29, 1.82) is 0 Å². The van der Waals surface area contributed by atoms with Gasteiger partial charge in [-0.05, 0) is 30.2 Å². The van der Waals surface area contributed by atoms with Gasteiger partial charge >= 0.3 is 0 Å². The molecule has 1 fully saturated rings. The largest absolute Gasteiger partial charge is 0.389 e. The second kappa shape index (κ2) is 5.79. The molecule has 6 heteroatoms. The zero-order chi connectivity index (χ0) is 14.8. The van der Waals surface area contributed by atoms with Crippen molar-refractivity contribution in [2.45, 2.75) is 31.9 Å². The predicted octanol–water partition coefficient (Wildman–Crippen LogP) is 1.93. The summed E-state index contributed by atoms with van der Waals surface area (Å²) in [5, 5.41) is 0. The Hall–Kier alpha value is -0.980. The predicted molar refractivity (Wildman–Crippen MR) is 84.9 cm³/mol. The zero-order valence-corrected chi connectivity index (χ0v) is 13.2. The molecule has 20 heavy (non-hydrogen) atoms. The third-order valence-corrected chi connectivity index (χ3v) is 5.50. The molecular formula is C14H20N2O2S2. The first kappa shape index (κ1) is 15.4. The molecule has 4 nitrogen and oxygen atoms in total. The van der Waals surface area contributed by atoms with Crippen molar-refractivity contribution in [3.8, 4) is 0 Å². The zero-order valence-electron chi connectivity index (χ0n) is 11.6. The lowest BCUT2D eigenvalue weighted by molar-refractivity contribution is 0.475. The highest BCUT2D eigenvalue weighted by Gasteiger charge is 2.41. The fourth-order valence-corrected chi connectivity index (χ4v) is 3.73. The van der Waals surface area contributed by atoms with Crippen LogP contribution in [0.1, 0.15) is 37.3 Å². The Bertz CT molecular complexity index is 607. The van der Waals surface area contributed by atoms with Gasteiger partial charge in [0.15, 0.2) is 0 Å². The summed E-state index contributed by atoms with van der Waals surface area (Å²) in [5.74, 6) is -0.0830. The van der Waals surface area contributed by atoms with Gasteiger partial charge in [-0.15, -0.1) is 0 Å². The average Bonchev–Trinajstić information content (AvgIpc) is 3.17. The summed E-state index contributed by atoms with van der Waals surface area (Å²) in [7, 11) is -3.36. The van der Waals surface area contributed by atoms with E-state index in [0.717, 1.165) is 19.3 Å². The first-order chi connectivity index (χ1) is 9.37. The molecule has 1 aromatic carbocycles. The van der Waals surface area contributed by atoms with Crippen molar-refractivity contribution >= 4 is 27.2 Å². The molecule has 1 aromatic rings. The van der Waals surface area contributed by atoms with Gasteiger partial charge in [0, 0.05) is 12.1 Å². The average molecular weight is 312 g/mol. The van der Waals surface area contributed by atoms with Crippen LogP contribution in [0.15, 0.2) is 24.3 Å². The molecule has 0 spiro atoms. The second-order valence-electron chi connectivity index (χ2n) is 5.46. The number of benzene rings is 1. The number of rotatable bonds is 7. The SMILES string of the molecule is CCC1(CNS(=O)(=O)Cc2ccccc2C(N)=S)CC1. The lowest BCUT2D eigenvalue weighted by atomic mass is 10.1. The van der Waals surface area contributed by atoms with Crippen LogP contribution in [0.4, 0.5) is 0 Å². The maximum Gasteiger partial charge on any atom is 0.215 e. The van der Waals surface area contributed by atoms with E-state index in [4.69, 9.17) is 18.0 Å². The molecular weight excluding hydrogens is 292 g/mol. The van der Waals surface area contributed by atoms with Gasteiger partial charge in [0.25, 0.3) is 0 Å². The van der Waals surface area contributed by atoms with Gasteiger partial charge in [0.2, 0.25) is 10.0 Å². The van der Waals surface area contributed by atoms with Crippen molar-refractivity contribution in [1.82, 2.24) is 4.72 Å². The molecule has 0 aromatic heterocycles. The normalized spacial score (nSPS) is 16.9. The summed E-state index contributed by atoms with van der Waals surface area (Å²) < 4.78 is 27.1. The summed E-state index contributed by atoms with van der Waals surface area (Å²) in [6.07, 6.45) is 3.23. The molecule has 0 unspecified atom stereocenters. The minimum Gasteiger partial charge on any atom is -0.389 e. The van der Waals surface area contributed by atoms with E-state index in [-0.39, 0.29) is 16.2 Å². The summed E-state index contributed by atoms with van der Waals surface area (Å²) in [6.45, 7) is 2.63. The second-order valence-corrected chi connectivity index (χ2v) is 7.70. The highest BCUT2D eigenvalue weighted by Crippen LogP contribution is 2.47. The molecule has 0 bridgehead atoms. The quantitative estimate of drug-likeness (QED) is 0.755. The monoisotopic (exact) mass is 312 g/mol. The van der Waals surface area contributed by atoms with Gasteiger partial charge in [0.1, 0.15) is 4.99 Å². The number of sulfonamides is 1. The van der Waals surface area contributed by atoms with Crippen LogP contribution in [-0.4, -0.2) is 20.0 Å². The Morgan fingerprint density at radius 3 is 2.60 bits per heavy atom. The Balaban J connectivity index is 2.07. The number of thiocarbonyl (C=S) groups is 1. The molecule has 0 heterocycles. The number of hydrogen-bond donors (Lipinski definition) is 2. The smallest absolute Gasteiger partial charge is 0.215 e. The van der Waals surface area contributed by atoms with E-state index >= 15 is 0 Å². The topological polar surface area (TPSA) is 72.2 Å². The molecule has 3 N–H and O–H groups in total. The third-order valence-electron chi connectivity index (χ3n) is 4.00. The van der Waals surface area contributed by atoms with Crippen molar-refractivity contribution in [2.75, 3.05) is 6.54 Å². The lowest BCUT2D eigenvalue weighted by Gasteiger charge is -2.14. The van der Waals surface area contributed by atoms with E-state index in [9.17, 15) is 8.42 Å². The van der Waals surface area contributed by atoms with Crippen LogP contribution in [0.5, 0.6) is 0 Å². The minimum absolute atomic E-state index is 0.0830. The molecule has 1 aliphatic carbocycles. The Labute approximate surface area is 125 Å². The third kappa shape index (κ3) is 3.77. The Morgan fingerprint density at radius 1 is 1.40 bits per heavy atom. The van der Waals surface area contributed by atoms with Gasteiger partial charge in [-0.3, -0.25) is 0 Å². The molecule has 0 radical (unpaired) electrons. The molecule has 0 saturated heterocycles. The van der Waals surface area contributed by atoms with Crippen LogP contribution in [0.3, 0.4) is 0 Å². The molecule has 0 atom stereocenters. The van der Waals surface area contributed by atoms with Gasteiger partial charge in [-0.1, -0.05) is 43.4 Å². The molecule has 110 valence electrons. The van der Waals surface area contributed by atoms with Crippen LogP contribution in [0, 0.1) is 5.41 Å². The van der Waals surface area contributed by atoms with Crippen LogP contribution >= 0.6 is 12.2 Å². The van der Waals surface area contributed by atoms with E-state index in [0.29, 0.717) is 17.7 Å². The molecule has 2 rings (SSSR count). The van der Waals surface area contributed by atoms with E-state index in [2.05, 4.69) is 11.6 Å². The highest BCUT2D eigenvalue weighted by molar-refractivity contribution is 7.88. The summed E-state index contributed by atoms with van der Waals surface area (Å²) in [5.41, 5.74) is 7.09. The highest BCUT2D eigenvalue weighted by atomic mass is 32.2. The summed E-state index contributed by atoms with van der Waals surface area (Å²) >= 11 is 4.95. The van der Waals surface area contributed by atoms with Gasteiger partial charge in [0.05, 0.1) is 5.75 Å². The fraction of sp³-hybridized carbons (Fsp3) is 0.500. The van der Waals surface area contributed by atoms with Gasteiger partial charge < -0.3 is 5.73 Å². The first-order valence-electron chi connectivity index (χ1n) is 6.72. The van der Waals surface area contributed by atoms with Crippen molar-refractivity contribution in [2.24, 2.45) is 11.1 Å². The number of nitrogens with two attached hydrogens (primary N) is 1. The maximum absolute atomic E-state index is 12.2. The molecule has 1 aliphatic rings. The molecule has 0 amide bonds. The maximum atomic E-state index is 12.2. The van der Waals surface area contributed by atoms with E-state index in [1.54, 1.807) is 24.3 Å². The first-order valence-corrected chi connectivity index (χ1v) is 8.79. The van der Waals surface area contributed by atoms with Crippen molar-refractivity contribution in [3.05, 3.63) is 35.4 Å². The molecule has 0 aliphatic heterocycles. The Kier molecular flexibility index (Phi) is 4.46. The minimum atomic E-state index is -3.36. The van der Waals surface area contributed by atoms with Crippen LogP contribution in [-0.2, 0) is 15.8 Å². The number of nitrogens with one attached hydrogen (secondary N) is 1. The van der Waals surface area contributed by atoms with Crippen molar-refractivity contribution < 1.29 is 8.42 Å². The lowest BCUT2D eigenvalue weighted by Crippen LogP contribution is -2.31. The summed E-state index contributed by atoms with van der Waals surface area (Å²) in [4.78, 5) is 0.225. The van der Waals surface area contributed by atoms with Gasteiger partial charge in [-0.25, -0.2) is 13.1 Å². The molecule has 1 saturated carbocycles. The van der Waals surface area contributed by atoms with Crippen LogP contribution < -0.4 is 10.5 Å². The van der Waals surface area contributed by atoms with Crippen molar-refractivity contribution in [3.63, 3.8) is 0 Å². The van der Waals surface area contributed by atoms with Crippen LogP contribution in [0.25, 0.3) is 0 Å². The number of hydrogen-bond acceptors (Lipinski definition) is 3. The van der Waals surface area contributed by atoms with E-state index in [1.165, 1.54) is 0 Å². The fourth-order valence-electron chi connectivity index (χ4n) is 2.24. The van der Waals surface area contributed by atoms with Crippen LogP contribution in [0.2, 0.25) is 0 Å². The van der Waals surface area contributed by atoms with Gasteiger partial charge in [-0.2, -0.15) is 0 Å². The van der Waals surface area contributed by atoms with E-state index in [1.807, 2.05) is 0 Å². The standard InChI is InChI=1S/C14H20N2O2S2/c1-2-14(7-8-14)10-16-20(17,18)9-11-5-3-4-6-12(11)13(15)19/h3-6,16H,2,7-10H2,1H3,(H2,15,19).